The molecule has 4 heteroatoms. The zero-order valence-electron chi connectivity index (χ0n) is 13.6. The second kappa shape index (κ2) is 5.95. The van der Waals surface area contributed by atoms with Gasteiger partial charge in [-0.3, -0.25) is 4.79 Å². The summed E-state index contributed by atoms with van der Waals surface area (Å²) in [6, 6.07) is 6.75. The second-order valence-electron chi connectivity index (χ2n) is 6.97. The number of carbonyl (C=O) groups excluding carboxylic acids is 1. The Balaban J connectivity index is 2.26. The molecule has 2 rings (SSSR count). The molecule has 1 aromatic carbocycles. The monoisotopic (exact) mass is 301 g/mol. The summed E-state index contributed by atoms with van der Waals surface area (Å²) in [7, 11) is 0. The van der Waals surface area contributed by atoms with Crippen LogP contribution < -0.4 is 0 Å². The molecule has 1 aliphatic rings. The van der Waals surface area contributed by atoms with Gasteiger partial charge in [-0.1, -0.05) is 39.0 Å². The number of carboxylic acids is 1. The molecule has 118 valence electrons. The third kappa shape index (κ3) is 3.38. The van der Waals surface area contributed by atoms with Crippen LogP contribution in [-0.4, -0.2) is 34.5 Å². The zero-order chi connectivity index (χ0) is 16.5. The van der Waals surface area contributed by atoms with Crippen LogP contribution >= 0.6 is 0 Å². The van der Waals surface area contributed by atoms with Gasteiger partial charge in [0.2, 0.25) is 5.91 Å². The van der Waals surface area contributed by atoms with Gasteiger partial charge in [0.1, 0.15) is 0 Å². The number of benzene rings is 1. The van der Waals surface area contributed by atoms with Crippen LogP contribution in [0.15, 0.2) is 30.3 Å². The van der Waals surface area contributed by atoms with Gasteiger partial charge in [0, 0.05) is 12.6 Å². The van der Waals surface area contributed by atoms with Crippen molar-refractivity contribution in [2.75, 3.05) is 6.54 Å². The lowest BCUT2D eigenvalue weighted by molar-refractivity contribution is -0.126. The highest BCUT2D eigenvalue weighted by Gasteiger charge is 2.32. The minimum atomic E-state index is -0.968. The first kappa shape index (κ1) is 16.3. The number of carbonyl (C=O) groups is 2. The summed E-state index contributed by atoms with van der Waals surface area (Å²) >= 11 is 0. The van der Waals surface area contributed by atoms with E-state index in [1.165, 1.54) is 0 Å². The molecule has 0 spiro atoms. The summed E-state index contributed by atoms with van der Waals surface area (Å²) < 4.78 is 0. The molecule has 1 aromatic rings. The van der Waals surface area contributed by atoms with Crippen LogP contribution in [0.1, 0.15) is 50.0 Å². The topological polar surface area (TPSA) is 57.6 Å². The minimum Gasteiger partial charge on any atom is -0.478 e. The van der Waals surface area contributed by atoms with E-state index in [2.05, 4.69) is 20.8 Å². The summed E-state index contributed by atoms with van der Waals surface area (Å²) in [5, 5.41) is 9.33. The molecular weight excluding hydrogens is 278 g/mol. The summed E-state index contributed by atoms with van der Waals surface area (Å²) in [6.45, 7) is 9.07. The normalized spacial score (nSPS) is 18.5. The molecule has 1 N–H and O–H groups in total. The number of rotatable bonds is 4. The lowest BCUT2D eigenvalue weighted by Crippen LogP contribution is -2.35. The molecule has 22 heavy (non-hydrogen) atoms. The second-order valence-corrected chi connectivity index (χ2v) is 6.97. The lowest BCUT2D eigenvalue weighted by atomic mass is 9.91. The summed E-state index contributed by atoms with van der Waals surface area (Å²) in [5.74, 6) is -1.00. The third-order valence-corrected chi connectivity index (χ3v) is 4.05. The maximum absolute atomic E-state index is 12.3. The van der Waals surface area contributed by atoms with Gasteiger partial charge >= 0.3 is 5.97 Å². The smallest absolute Gasteiger partial charge is 0.336 e. The number of nitrogens with zero attached hydrogens (tertiary/aromatic N) is 1. The fourth-order valence-corrected chi connectivity index (χ4v) is 2.68. The standard InChI is InChI=1S/C18H23NO3/c1-12-15(13-7-5-6-8-14(13)17(21)22)11-16(20)19(12)10-9-18(2,3)4/h5-8,11-12H,9-10H2,1-4H3,(H,21,22). The van der Waals surface area contributed by atoms with Crippen molar-refractivity contribution in [2.45, 2.75) is 40.2 Å². The highest BCUT2D eigenvalue weighted by Crippen LogP contribution is 2.32. The van der Waals surface area contributed by atoms with Crippen LogP contribution in [0.5, 0.6) is 0 Å². The largest absolute Gasteiger partial charge is 0.478 e. The molecule has 0 radical (unpaired) electrons. The zero-order valence-corrected chi connectivity index (χ0v) is 13.6. The van der Waals surface area contributed by atoms with Crippen molar-refractivity contribution in [2.24, 2.45) is 5.41 Å². The van der Waals surface area contributed by atoms with Crippen LogP contribution in [0.2, 0.25) is 0 Å². The van der Waals surface area contributed by atoms with Gasteiger partial charge in [-0.2, -0.15) is 0 Å². The van der Waals surface area contributed by atoms with E-state index in [0.29, 0.717) is 12.1 Å². The average molecular weight is 301 g/mol. The number of hydrogen-bond acceptors (Lipinski definition) is 2. The molecule has 0 fully saturated rings. The number of aromatic carboxylic acids is 1. The van der Waals surface area contributed by atoms with Crippen LogP contribution in [0.25, 0.3) is 5.57 Å². The quantitative estimate of drug-likeness (QED) is 0.927. The van der Waals surface area contributed by atoms with Crippen LogP contribution in [0, 0.1) is 5.41 Å². The molecule has 1 unspecified atom stereocenters. The van der Waals surface area contributed by atoms with Crippen molar-refractivity contribution in [1.82, 2.24) is 4.90 Å². The Hall–Kier alpha value is -2.10. The SMILES string of the molecule is CC1C(c2ccccc2C(=O)O)=CC(=O)N1CCC(C)(C)C. The first-order valence-electron chi connectivity index (χ1n) is 7.55. The molecule has 0 aromatic heterocycles. The first-order valence-corrected chi connectivity index (χ1v) is 7.55. The fourth-order valence-electron chi connectivity index (χ4n) is 2.68. The van der Waals surface area contributed by atoms with E-state index < -0.39 is 5.97 Å². The first-order chi connectivity index (χ1) is 10.2. The summed E-state index contributed by atoms with van der Waals surface area (Å²) in [5.41, 5.74) is 1.82. The molecule has 1 heterocycles. The van der Waals surface area contributed by atoms with E-state index in [4.69, 9.17) is 0 Å². The number of carboxylic acid groups (broad SMARTS) is 1. The Kier molecular flexibility index (Phi) is 4.40. The molecule has 0 aliphatic carbocycles. The summed E-state index contributed by atoms with van der Waals surface area (Å²) in [6.07, 6.45) is 2.49. The van der Waals surface area contributed by atoms with Crippen molar-refractivity contribution in [1.29, 1.82) is 0 Å². The molecule has 4 nitrogen and oxygen atoms in total. The summed E-state index contributed by atoms with van der Waals surface area (Å²) in [4.78, 5) is 25.5. The van der Waals surface area contributed by atoms with E-state index in [9.17, 15) is 14.7 Å². The molecular formula is C18H23NO3. The van der Waals surface area contributed by atoms with E-state index in [0.717, 1.165) is 12.0 Å². The molecule has 1 amide bonds. The maximum atomic E-state index is 12.3. The van der Waals surface area contributed by atoms with E-state index in [-0.39, 0.29) is 22.9 Å². The van der Waals surface area contributed by atoms with Gasteiger partial charge in [-0.05, 0) is 36.0 Å². The van der Waals surface area contributed by atoms with Gasteiger partial charge in [-0.25, -0.2) is 4.79 Å². The highest BCUT2D eigenvalue weighted by atomic mass is 16.4. The van der Waals surface area contributed by atoms with E-state index in [1.54, 1.807) is 30.3 Å². The van der Waals surface area contributed by atoms with Crippen molar-refractivity contribution < 1.29 is 14.7 Å². The van der Waals surface area contributed by atoms with E-state index >= 15 is 0 Å². The molecule has 0 saturated heterocycles. The van der Waals surface area contributed by atoms with Crippen molar-refractivity contribution in [3.63, 3.8) is 0 Å². The Labute approximate surface area is 131 Å². The lowest BCUT2D eigenvalue weighted by Gasteiger charge is -2.28. The molecule has 1 aliphatic heterocycles. The van der Waals surface area contributed by atoms with Crippen LogP contribution in [0.3, 0.4) is 0 Å². The average Bonchev–Trinajstić information content (AvgIpc) is 2.70. The minimum absolute atomic E-state index is 0.0352. The highest BCUT2D eigenvalue weighted by molar-refractivity contribution is 6.05. The Morgan fingerprint density at radius 2 is 1.91 bits per heavy atom. The van der Waals surface area contributed by atoms with Crippen molar-refractivity contribution in [3.05, 3.63) is 41.5 Å². The Bertz CT molecular complexity index is 625. The molecule has 0 bridgehead atoms. The Morgan fingerprint density at radius 3 is 2.50 bits per heavy atom. The van der Waals surface area contributed by atoms with Gasteiger partial charge in [-0.15, -0.1) is 0 Å². The maximum Gasteiger partial charge on any atom is 0.336 e. The predicted molar refractivity (Wildman–Crippen MR) is 86.6 cm³/mol. The van der Waals surface area contributed by atoms with Gasteiger partial charge in [0.15, 0.2) is 0 Å². The van der Waals surface area contributed by atoms with E-state index in [1.807, 2.05) is 11.8 Å². The number of hydrogen-bond donors (Lipinski definition) is 1. The van der Waals surface area contributed by atoms with Crippen molar-refractivity contribution >= 4 is 17.4 Å². The fraction of sp³-hybridized carbons (Fsp3) is 0.444. The molecule has 0 saturated carbocycles. The Morgan fingerprint density at radius 1 is 1.27 bits per heavy atom. The molecule has 1 atom stereocenters. The van der Waals surface area contributed by atoms with Crippen LogP contribution in [-0.2, 0) is 4.79 Å². The number of amides is 1. The van der Waals surface area contributed by atoms with Gasteiger partial charge in [0.25, 0.3) is 0 Å². The predicted octanol–water partition coefficient (Wildman–Crippen LogP) is 3.44. The van der Waals surface area contributed by atoms with Crippen LogP contribution in [0.4, 0.5) is 0 Å². The third-order valence-electron chi connectivity index (χ3n) is 4.05. The van der Waals surface area contributed by atoms with Gasteiger partial charge in [0.05, 0.1) is 11.6 Å². The van der Waals surface area contributed by atoms with Crippen molar-refractivity contribution in [3.8, 4) is 0 Å². The van der Waals surface area contributed by atoms with Gasteiger partial charge < -0.3 is 10.0 Å².